The molecule has 3 aromatic carbocycles. The number of carbonyl (C=O) groups is 5. The molecule has 2 aliphatic rings. The second kappa shape index (κ2) is 20.4. The molecule has 0 amide bonds. The van der Waals surface area contributed by atoms with E-state index in [9.17, 15) is 95.5 Å². The fourth-order valence-corrected chi connectivity index (χ4v) is 7.00. The standard InChI is InChI=1S/C42H42O23/c43-14-28(52)36(57)37(27(51)12-32(54)55)65-41(60)20-8-18-10-25(49)26(50)11-19(18)34(17-3-5-22(46)24(48)9-17)35(20)42(61)63-30-13-31(40(58)59)62-38(29(53)15-44)39(30)64-33(56)6-2-16-1-4-21(45)23(47)7-16/h1-11,13,27-30,34-39,43-53,57H,12,14-15H2,(H,54,55)(H,58,59)/b6-2-/t27-,28+,29+,30+,34-,35+,36-,37+,38+,39+/m0/s1. The van der Waals surface area contributed by atoms with Gasteiger partial charge in [-0.15, -0.1) is 0 Å². The summed E-state index contributed by atoms with van der Waals surface area (Å²) < 4.78 is 21.9. The summed E-state index contributed by atoms with van der Waals surface area (Å²) in [6.07, 6.45) is -15.3. The molecule has 1 aliphatic carbocycles. The van der Waals surface area contributed by atoms with Crippen LogP contribution in [0.2, 0.25) is 0 Å². The summed E-state index contributed by atoms with van der Waals surface area (Å²) in [5, 5.41) is 142. The van der Waals surface area contributed by atoms with Crippen molar-refractivity contribution < 1.29 is 114 Å². The van der Waals surface area contributed by atoms with Gasteiger partial charge in [0, 0.05) is 18.1 Å². The molecule has 23 nitrogen and oxygen atoms in total. The van der Waals surface area contributed by atoms with E-state index in [2.05, 4.69) is 0 Å². The molecule has 5 rings (SSSR count). The van der Waals surface area contributed by atoms with Crippen LogP contribution in [0.15, 0.2) is 72.0 Å². The zero-order chi connectivity index (χ0) is 48.0. The molecule has 3 aromatic rings. The average Bonchev–Trinajstić information content (AvgIpc) is 3.25. The average molecular weight is 915 g/mol. The van der Waals surface area contributed by atoms with Gasteiger partial charge in [0.1, 0.15) is 24.4 Å². The van der Waals surface area contributed by atoms with Gasteiger partial charge in [0.2, 0.25) is 5.76 Å². The van der Waals surface area contributed by atoms with Crippen LogP contribution in [0.1, 0.15) is 34.6 Å². The zero-order valence-electron chi connectivity index (χ0n) is 33.3. The Hall–Kier alpha value is -7.41. The Kier molecular flexibility index (Phi) is 15.3. The van der Waals surface area contributed by atoms with E-state index in [0.29, 0.717) is 6.08 Å². The van der Waals surface area contributed by atoms with Crippen LogP contribution in [0, 0.1) is 5.92 Å². The zero-order valence-corrected chi connectivity index (χ0v) is 33.3. The van der Waals surface area contributed by atoms with E-state index < -0.39 is 156 Å². The molecule has 10 atom stereocenters. The number of esters is 3. The fraction of sp³-hybridized carbons (Fsp3) is 0.310. The fourth-order valence-electron chi connectivity index (χ4n) is 7.00. The molecule has 65 heavy (non-hydrogen) atoms. The number of carboxylic acids is 2. The number of carboxylic acid groups (broad SMARTS) is 2. The molecule has 0 saturated carbocycles. The van der Waals surface area contributed by atoms with E-state index in [1.807, 2.05) is 0 Å². The Balaban J connectivity index is 1.67. The maximum absolute atomic E-state index is 14.9. The van der Waals surface area contributed by atoms with Gasteiger partial charge < -0.3 is 90.4 Å². The molecule has 0 saturated heterocycles. The van der Waals surface area contributed by atoms with Crippen LogP contribution in [-0.4, -0.2) is 163 Å². The third-order valence-corrected chi connectivity index (χ3v) is 10.2. The van der Waals surface area contributed by atoms with E-state index in [1.54, 1.807) is 0 Å². The summed E-state index contributed by atoms with van der Waals surface area (Å²) >= 11 is 0. The Morgan fingerprint density at radius 2 is 1.37 bits per heavy atom. The number of phenols is 6. The maximum atomic E-state index is 14.9. The molecule has 0 fully saturated rings. The van der Waals surface area contributed by atoms with Crippen molar-refractivity contribution >= 4 is 42.0 Å². The number of phenolic OH excluding ortho intramolecular Hbond substituents is 6. The first-order valence-corrected chi connectivity index (χ1v) is 19.0. The van der Waals surface area contributed by atoms with Gasteiger partial charge in [0.25, 0.3) is 0 Å². The number of aliphatic hydroxyl groups is 6. The quantitative estimate of drug-likeness (QED) is 0.0327. The Morgan fingerprint density at radius 3 is 1.97 bits per heavy atom. The molecule has 1 aliphatic heterocycles. The van der Waals surface area contributed by atoms with Crippen LogP contribution >= 0.6 is 0 Å². The van der Waals surface area contributed by atoms with Crippen molar-refractivity contribution in [3.8, 4) is 34.5 Å². The summed E-state index contributed by atoms with van der Waals surface area (Å²) in [6.45, 7) is -2.35. The lowest BCUT2D eigenvalue weighted by Gasteiger charge is -2.39. The first-order chi connectivity index (χ1) is 30.6. The number of ether oxygens (including phenoxy) is 4. The van der Waals surface area contributed by atoms with Gasteiger partial charge in [0.15, 0.2) is 58.9 Å². The second-order valence-electron chi connectivity index (χ2n) is 14.6. The smallest absolute Gasteiger partial charge is 0.370 e. The largest absolute Gasteiger partial charge is 0.504 e. The Bertz CT molecular complexity index is 2400. The number of fused-ring (bicyclic) bond motifs is 1. The van der Waals surface area contributed by atoms with Gasteiger partial charge in [-0.05, 0) is 70.8 Å². The van der Waals surface area contributed by atoms with E-state index in [4.69, 9.17) is 18.9 Å². The molecule has 14 N–H and O–H groups in total. The molecule has 0 unspecified atom stereocenters. The number of hydrogen-bond acceptors (Lipinski definition) is 21. The van der Waals surface area contributed by atoms with Crippen molar-refractivity contribution in [1.82, 2.24) is 0 Å². The van der Waals surface area contributed by atoms with Crippen LogP contribution in [0.25, 0.3) is 12.2 Å². The van der Waals surface area contributed by atoms with Gasteiger partial charge in [-0.25, -0.2) is 14.4 Å². The molecular formula is C42H42O23. The lowest BCUT2D eigenvalue weighted by Crippen LogP contribution is -2.54. The van der Waals surface area contributed by atoms with Gasteiger partial charge in [-0.3, -0.25) is 9.59 Å². The first-order valence-electron chi connectivity index (χ1n) is 19.0. The molecule has 0 spiro atoms. The van der Waals surface area contributed by atoms with E-state index in [0.717, 1.165) is 60.7 Å². The summed E-state index contributed by atoms with van der Waals surface area (Å²) in [6, 6.07) is 8.29. The minimum atomic E-state index is -2.38. The summed E-state index contributed by atoms with van der Waals surface area (Å²) in [4.78, 5) is 66.3. The molecule has 0 radical (unpaired) electrons. The molecule has 0 bridgehead atoms. The normalized spacial score (nSPS) is 21.5. The highest BCUT2D eigenvalue weighted by molar-refractivity contribution is 6.02. The van der Waals surface area contributed by atoms with Crippen molar-refractivity contribution in [3.05, 3.63) is 94.3 Å². The molecule has 348 valence electrons. The third kappa shape index (κ3) is 11.0. The minimum Gasteiger partial charge on any atom is -0.504 e. The van der Waals surface area contributed by atoms with Gasteiger partial charge in [-0.1, -0.05) is 12.1 Å². The number of aliphatic carboxylic acids is 2. The van der Waals surface area contributed by atoms with Crippen molar-refractivity contribution in [2.45, 2.75) is 61.2 Å². The number of aliphatic hydroxyl groups excluding tert-OH is 6. The van der Waals surface area contributed by atoms with Crippen molar-refractivity contribution in [2.75, 3.05) is 13.2 Å². The summed E-state index contributed by atoms with van der Waals surface area (Å²) in [5.41, 5.74) is -1.11. The monoisotopic (exact) mass is 914 g/mol. The van der Waals surface area contributed by atoms with Gasteiger partial charge in [-0.2, -0.15) is 0 Å². The van der Waals surface area contributed by atoms with Gasteiger partial charge in [0.05, 0.1) is 31.1 Å². The van der Waals surface area contributed by atoms with E-state index >= 15 is 0 Å². The molecule has 1 heterocycles. The lowest BCUT2D eigenvalue weighted by atomic mass is 9.71. The van der Waals surface area contributed by atoms with Crippen molar-refractivity contribution in [2.24, 2.45) is 5.92 Å². The predicted molar refractivity (Wildman–Crippen MR) is 212 cm³/mol. The Morgan fingerprint density at radius 1 is 0.738 bits per heavy atom. The highest BCUT2D eigenvalue weighted by Gasteiger charge is 2.49. The number of aromatic hydroxyl groups is 6. The SMILES string of the molecule is O=C(O)C[C@H](O)[C@@H](OC(=O)C1=Cc2cc(O)c(O)cc2[C@H](c2ccc(O)c(O)c2)[C@@H]1C(=O)O[C@@H]1C=C(C(=O)O)O[C@H]([C@H](O)CO)[C@@H]1OC(=O)/C=C\c1ccc(O)c(O)c1)[C@@H](O)[C@H](O)CO. The second-order valence-corrected chi connectivity index (χ2v) is 14.6. The first kappa shape index (κ1) is 48.6. The molecule has 0 aromatic heterocycles. The van der Waals surface area contributed by atoms with Crippen LogP contribution in [-0.2, 0) is 42.9 Å². The topological polar surface area (TPSA) is 405 Å². The highest BCUT2D eigenvalue weighted by atomic mass is 16.6. The predicted octanol–water partition coefficient (Wildman–Crippen LogP) is -1.22. The van der Waals surface area contributed by atoms with Crippen LogP contribution in [0.3, 0.4) is 0 Å². The van der Waals surface area contributed by atoms with E-state index in [1.165, 1.54) is 6.07 Å². The summed E-state index contributed by atoms with van der Waals surface area (Å²) in [7, 11) is 0. The summed E-state index contributed by atoms with van der Waals surface area (Å²) in [5.74, 6) is -17.0. The number of carbonyl (C=O) groups excluding carboxylic acids is 3. The number of benzene rings is 3. The van der Waals surface area contributed by atoms with Crippen LogP contribution < -0.4 is 0 Å². The van der Waals surface area contributed by atoms with Crippen LogP contribution in [0.5, 0.6) is 34.5 Å². The van der Waals surface area contributed by atoms with Crippen molar-refractivity contribution in [1.29, 1.82) is 0 Å². The number of rotatable bonds is 17. The molecule has 23 heteroatoms. The van der Waals surface area contributed by atoms with Crippen molar-refractivity contribution in [3.63, 3.8) is 0 Å². The maximum Gasteiger partial charge on any atom is 0.370 e. The molecular weight excluding hydrogens is 872 g/mol. The van der Waals surface area contributed by atoms with Gasteiger partial charge >= 0.3 is 29.8 Å². The lowest BCUT2D eigenvalue weighted by molar-refractivity contribution is -0.189. The highest BCUT2D eigenvalue weighted by Crippen LogP contribution is 2.48. The van der Waals surface area contributed by atoms with Crippen LogP contribution in [0.4, 0.5) is 0 Å². The minimum absolute atomic E-state index is 0.113. The third-order valence-electron chi connectivity index (χ3n) is 10.2. The Labute approximate surface area is 365 Å². The number of hydrogen-bond donors (Lipinski definition) is 14. The van der Waals surface area contributed by atoms with E-state index in [-0.39, 0.29) is 22.3 Å².